The zero-order chi connectivity index (χ0) is 13.1. The molecule has 1 atom stereocenters. The van der Waals surface area contributed by atoms with Crippen molar-refractivity contribution in [3.05, 3.63) is 45.4 Å². The number of aromatic nitrogens is 1. The van der Waals surface area contributed by atoms with Crippen molar-refractivity contribution in [3.63, 3.8) is 0 Å². The summed E-state index contributed by atoms with van der Waals surface area (Å²) in [4.78, 5) is 16.6. The fourth-order valence-corrected chi connectivity index (χ4v) is 3.77. The van der Waals surface area contributed by atoms with Gasteiger partial charge >= 0.3 is 0 Å². The van der Waals surface area contributed by atoms with Crippen LogP contribution in [0.25, 0.3) is 0 Å². The fraction of sp³-hybridized carbons (Fsp3) is 0.231. The third kappa shape index (κ3) is 3.43. The molecule has 0 aliphatic carbocycles. The molecule has 0 spiro atoms. The molecule has 0 aliphatic rings. The van der Waals surface area contributed by atoms with Gasteiger partial charge in [0, 0.05) is 21.1 Å². The fourth-order valence-electron chi connectivity index (χ4n) is 1.44. The number of nitrogens with zero attached hydrogens (tertiary/aromatic N) is 1. The summed E-state index contributed by atoms with van der Waals surface area (Å²) in [5.74, 6) is 0.139. The largest absolute Gasteiger partial charge is 0.293 e. The van der Waals surface area contributed by atoms with Crippen LogP contribution in [0.2, 0.25) is 0 Å². The lowest BCUT2D eigenvalue weighted by molar-refractivity contribution is 0.0994. The van der Waals surface area contributed by atoms with E-state index in [9.17, 15) is 4.79 Å². The minimum atomic E-state index is -0.114. The number of carbonyl (C=O) groups excluding carboxylic acids is 1. The van der Waals surface area contributed by atoms with Crippen molar-refractivity contribution in [1.82, 2.24) is 4.98 Å². The number of rotatable bonds is 4. The summed E-state index contributed by atoms with van der Waals surface area (Å²) >= 11 is 6.47. The number of hydrogen-bond acceptors (Lipinski definition) is 4. The molecule has 0 N–H and O–H groups in total. The average molecular weight is 342 g/mol. The summed E-state index contributed by atoms with van der Waals surface area (Å²) in [7, 11) is 0. The topological polar surface area (TPSA) is 30.0 Å². The second kappa shape index (κ2) is 5.99. The van der Waals surface area contributed by atoms with Gasteiger partial charge in [-0.25, -0.2) is 4.98 Å². The first-order valence-electron chi connectivity index (χ1n) is 5.45. The Balaban J connectivity index is 2.07. The van der Waals surface area contributed by atoms with Crippen molar-refractivity contribution < 1.29 is 4.79 Å². The van der Waals surface area contributed by atoms with E-state index >= 15 is 0 Å². The Kier molecular flexibility index (Phi) is 4.59. The van der Waals surface area contributed by atoms with E-state index in [-0.39, 0.29) is 11.0 Å². The van der Waals surface area contributed by atoms with Crippen molar-refractivity contribution in [3.8, 4) is 0 Å². The third-order valence-electron chi connectivity index (χ3n) is 2.37. The molecule has 2 nitrogen and oxygen atoms in total. The Hall–Kier alpha value is -0.650. The van der Waals surface area contributed by atoms with Crippen LogP contribution in [0.1, 0.15) is 23.0 Å². The highest BCUT2D eigenvalue weighted by Crippen LogP contribution is 2.28. The van der Waals surface area contributed by atoms with E-state index in [0.29, 0.717) is 0 Å². The van der Waals surface area contributed by atoms with Crippen molar-refractivity contribution in [2.45, 2.75) is 23.4 Å². The van der Waals surface area contributed by atoms with Gasteiger partial charge in [-0.3, -0.25) is 4.79 Å². The number of thioether (sulfide) groups is 1. The van der Waals surface area contributed by atoms with Crippen molar-refractivity contribution >= 4 is 44.8 Å². The average Bonchev–Trinajstić information content (AvgIpc) is 2.75. The van der Waals surface area contributed by atoms with Crippen LogP contribution >= 0.6 is 39.0 Å². The molecule has 0 bridgehead atoms. The number of thiazole rings is 1. The van der Waals surface area contributed by atoms with Gasteiger partial charge in [0.2, 0.25) is 0 Å². The predicted octanol–water partition coefficient (Wildman–Crippen LogP) is 4.58. The number of Topliss-reactive ketones (excluding diaryl/α,β-unsaturated/α-hetero) is 1. The van der Waals surface area contributed by atoms with Gasteiger partial charge in [0.15, 0.2) is 10.1 Å². The minimum Gasteiger partial charge on any atom is -0.293 e. The lowest BCUT2D eigenvalue weighted by atomic mass is 10.1. The number of halogens is 1. The quantitative estimate of drug-likeness (QED) is 0.602. The molecule has 0 amide bonds. The molecule has 1 heterocycles. The second-order valence-electron chi connectivity index (χ2n) is 3.89. The van der Waals surface area contributed by atoms with E-state index in [1.54, 1.807) is 11.3 Å². The number of carbonyl (C=O) groups is 1. The predicted molar refractivity (Wildman–Crippen MR) is 80.6 cm³/mol. The van der Waals surface area contributed by atoms with E-state index in [0.717, 1.165) is 20.1 Å². The Labute approximate surface area is 123 Å². The molecule has 2 rings (SSSR count). The summed E-state index contributed by atoms with van der Waals surface area (Å²) in [5.41, 5.74) is 1.75. The highest BCUT2D eigenvalue weighted by atomic mass is 79.9. The lowest BCUT2D eigenvalue weighted by Crippen LogP contribution is -2.13. The summed E-state index contributed by atoms with van der Waals surface area (Å²) < 4.78 is 1.93. The van der Waals surface area contributed by atoms with Gasteiger partial charge in [0.25, 0.3) is 0 Å². The molecular formula is C13H12BrNOS2. The molecule has 1 aromatic carbocycles. The van der Waals surface area contributed by atoms with E-state index in [1.807, 2.05) is 43.5 Å². The summed E-state index contributed by atoms with van der Waals surface area (Å²) in [6.07, 6.45) is 0. The van der Waals surface area contributed by atoms with Crippen LogP contribution in [0.4, 0.5) is 0 Å². The molecule has 0 radical (unpaired) electrons. The summed E-state index contributed by atoms with van der Waals surface area (Å²) in [6, 6.07) is 7.46. The van der Waals surface area contributed by atoms with Gasteiger partial charge in [-0.2, -0.15) is 0 Å². The highest BCUT2D eigenvalue weighted by Gasteiger charge is 2.17. The maximum absolute atomic E-state index is 12.2. The van der Waals surface area contributed by atoms with Gasteiger partial charge in [-0.15, -0.1) is 11.3 Å². The maximum atomic E-state index is 12.2. The molecule has 18 heavy (non-hydrogen) atoms. The van der Waals surface area contributed by atoms with Crippen LogP contribution in [-0.4, -0.2) is 16.0 Å². The number of benzene rings is 1. The van der Waals surface area contributed by atoms with Crippen LogP contribution in [-0.2, 0) is 0 Å². The number of aryl methyl sites for hydroxylation is 1. The summed E-state index contributed by atoms with van der Waals surface area (Å²) in [6.45, 7) is 3.88. The first-order valence-corrected chi connectivity index (χ1v) is 8.00. The van der Waals surface area contributed by atoms with E-state index < -0.39 is 0 Å². The van der Waals surface area contributed by atoms with Gasteiger partial charge in [0.1, 0.15) is 0 Å². The maximum Gasteiger partial charge on any atom is 0.175 e. The molecular weight excluding hydrogens is 330 g/mol. The Morgan fingerprint density at radius 1 is 1.39 bits per heavy atom. The zero-order valence-corrected chi connectivity index (χ0v) is 13.2. The van der Waals surface area contributed by atoms with Crippen molar-refractivity contribution in [2.75, 3.05) is 0 Å². The van der Waals surface area contributed by atoms with Crippen molar-refractivity contribution in [2.24, 2.45) is 0 Å². The van der Waals surface area contributed by atoms with Crippen LogP contribution in [0.5, 0.6) is 0 Å². The molecule has 0 aliphatic heterocycles. The zero-order valence-electron chi connectivity index (χ0n) is 10.0. The van der Waals surface area contributed by atoms with Crippen LogP contribution in [0.15, 0.2) is 38.5 Å². The number of ketones is 1. The highest BCUT2D eigenvalue weighted by molar-refractivity contribution is 9.10. The SMILES string of the molecule is Cc1csc(SC(C)C(=O)c2ccc(Br)cc2)n1. The van der Waals surface area contributed by atoms with Gasteiger partial charge in [0.05, 0.1) is 5.25 Å². The van der Waals surface area contributed by atoms with Crippen molar-refractivity contribution in [1.29, 1.82) is 0 Å². The summed E-state index contributed by atoms with van der Waals surface area (Å²) in [5, 5.41) is 1.89. The molecule has 2 aromatic rings. The molecule has 1 aromatic heterocycles. The smallest absolute Gasteiger partial charge is 0.175 e. The van der Waals surface area contributed by atoms with Crippen LogP contribution in [0.3, 0.4) is 0 Å². The van der Waals surface area contributed by atoms with E-state index in [2.05, 4.69) is 20.9 Å². The Bertz CT molecular complexity index is 550. The lowest BCUT2D eigenvalue weighted by Gasteiger charge is -2.08. The van der Waals surface area contributed by atoms with Crippen LogP contribution in [0, 0.1) is 6.92 Å². The monoisotopic (exact) mass is 341 g/mol. The standard InChI is InChI=1S/C13H12BrNOS2/c1-8-7-17-13(15-8)18-9(2)12(16)10-3-5-11(14)6-4-10/h3-7,9H,1-2H3. The normalized spacial score (nSPS) is 12.4. The molecule has 0 fully saturated rings. The van der Waals surface area contributed by atoms with Gasteiger partial charge in [-0.1, -0.05) is 39.8 Å². The molecule has 94 valence electrons. The molecule has 0 saturated carbocycles. The van der Waals surface area contributed by atoms with Gasteiger partial charge < -0.3 is 0 Å². The first kappa shape index (κ1) is 13.8. The number of hydrogen-bond donors (Lipinski definition) is 0. The van der Waals surface area contributed by atoms with Crippen LogP contribution < -0.4 is 0 Å². The molecule has 5 heteroatoms. The van der Waals surface area contributed by atoms with E-state index in [4.69, 9.17) is 0 Å². The third-order valence-corrected chi connectivity index (χ3v) is 5.09. The second-order valence-corrected chi connectivity index (χ2v) is 7.25. The van der Waals surface area contributed by atoms with E-state index in [1.165, 1.54) is 11.8 Å². The molecule has 1 unspecified atom stereocenters. The minimum absolute atomic E-state index is 0.114. The Morgan fingerprint density at radius 3 is 2.61 bits per heavy atom. The first-order chi connectivity index (χ1) is 8.56. The molecule has 0 saturated heterocycles. The Morgan fingerprint density at radius 2 is 2.06 bits per heavy atom. The van der Waals surface area contributed by atoms with Gasteiger partial charge in [-0.05, 0) is 26.0 Å².